The summed E-state index contributed by atoms with van der Waals surface area (Å²) < 4.78 is 0. The highest BCUT2D eigenvalue weighted by atomic mass is 16.3. The maximum absolute atomic E-state index is 11.2. The molecule has 0 saturated heterocycles. The van der Waals surface area contributed by atoms with Crippen LogP contribution in [-0.2, 0) is 4.79 Å². The number of nitrogens with zero attached hydrogens (tertiary/aromatic N) is 1. The lowest BCUT2D eigenvalue weighted by Gasteiger charge is -2.29. The first kappa shape index (κ1) is 12.6. The Balaban J connectivity index is 4.13. The minimum Gasteiger partial charge on any atom is -0.395 e. The largest absolute Gasteiger partial charge is 0.395 e. The topological polar surface area (TPSA) is 40.5 Å². The van der Waals surface area contributed by atoms with Gasteiger partial charge in [-0.25, -0.2) is 0 Å². The van der Waals surface area contributed by atoms with Crippen LogP contribution in [0.2, 0.25) is 0 Å². The molecule has 0 atom stereocenters. The second-order valence-electron chi connectivity index (χ2n) is 4.03. The molecule has 0 radical (unpaired) electrons. The van der Waals surface area contributed by atoms with Gasteiger partial charge < -0.3 is 10.0 Å². The van der Waals surface area contributed by atoms with E-state index in [1.807, 2.05) is 20.8 Å². The van der Waals surface area contributed by atoms with E-state index in [0.29, 0.717) is 6.54 Å². The molecule has 1 N–H and O–H groups in total. The van der Waals surface area contributed by atoms with Gasteiger partial charge in [-0.3, -0.25) is 4.79 Å². The van der Waals surface area contributed by atoms with E-state index in [1.165, 1.54) is 0 Å². The number of aliphatic hydroxyl groups excluding tert-OH is 1. The Morgan fingerprint density at radius 3 is 2.31 bits per heavy atom. The van der Waals surface area contributed by atoms with Crippen LogP contribution in [0.25, 0.3) is 0 Å². The molecular formula is C10H21NO2. The third-order valence-corrected chi connectivity index (χ3v) is 2.44. The monoisotopic (exact) mass is 187 g/mol. The molecule has 0 unspecified atom stereocenters. The molecule has 0 aliphatic heterocycles. The number of hydrogen-bond acceptors (Lipinski definition) is 3. The third-order valence-electron chi connectivity index (χ3n) is 2.44. The van der Waals surface area contributed by atoms with Gasteiger partial charge in [0.05, 0.1) is 6.61 Å². The van der Waals surface area contributed by atoms with E-state index in [-0.39, 0.29) is 17.8 Å². The number of hydrogen-bond donors (Lipinski definition) is 1. The van der Waals surface area contributed by atoms with Crippen LogP contribution < -0.4 is 0 Å². The number of carbonyl (C=O) groups is 1. The smallest absolute Gasteiger partial charge is 0.136 e. The first-order chi connectivity index (χ1) is 5.94. The first-order valence-corrected chi connectivity index (χ1v) is 4.78. The fourth-order valence-corrected chi connectivity index (χ4v) is 1.16. The fourth-order valence-electron chi connectivity index (χ4n) is 1.16. The van der Waals surface area contributed by atoms with Crippen LogP contribution in [0, 0.1) is 5.41 Å². The third kappa shape index (κ3) is 4.39. The molecule has 0 aromatic heterocycles. The van der Waals surface area contributed by atoms with Crippen LogP contribution in [0.15, 0.2) is 0 Å². The second kappa shape index (κ2) is 5.35. The van der Waals surface area contributed by atoms with Gasteiger partial charge in [-0.1, -0.05) is 20.8 Å². The van der Waals surface area contributed by atoms with Crippen LogP contribution >= 0.6 is 0 Å². The normalized spacial score (nSPS) is 12.2. The lowest BCUT2D eigenvalue weighted by atomic mass is 9.88. The van der Waals surface area contributed by atoms with Crippen LogP contribution in [0.1, 0.15) is 27.7 Å². The van der Waals surface area contributed by atoms with E-state index >= 15 is 0 Å². The summed E-state index contributed by atoms with van der Waals surface area (Å²) in [6.45, 7) is 9.93. The van der Waals surface area contributed by atoms with Crippen molar-refractivity contribution in [3.63, 3.8) is 0 Å². The Morgan fingerprint density at radius 1 is 1.46 bits per heavy atom. The summed E-state index contributed by atoms with van der Waals surface area (Å²) in [5.41, 5.74) is -0.300. The number of ketones is 1. The average molecular weight is 187 g/mol. The number of rotatable bonds is 6. The first-order valence-electron chi connectivity index (χ1n) is 4.78. The summed E-state index contributed by atoms with van der Waals surface area (Å²) in [4.78, 5) is 13.3. The van der Waals surface area contributed by atoms with E-state index in [2.05, 4.69) is 4.90 Å². The molecule has 13 heavy (non-hydrogen) atoms. The zero-order chi connectivity index (χ0) is 10.5. The van der Waals surface area contributed by atoms with Gasteiger partial charge in [0, 0.05) is 18.5 Å². The maximum atomic E-state index is 11.2. The summed E-state index contributed by atoms with van der Waals surface area (Å²) in [5, 5.41) is 8.78. The molecular weight excluding hydrogens is 166 g/mol. The predicted molar refractivity (Wildman–Crippen MR) is 53.7 cm³/mol. The van der Waals surface area contributed by atoms with Crippen molar-refractivity contribution in [2.45, 2.75) is 27.7 Å². The van der Waals surface area contributed by atoms with Gasteiger partial charge >= 0.3 is 0 Å². The van der Waals surface area contributed by atoms with Gasteiger partial charge in [0.25, 0.3) is 0 Å². The molecule has 0 rings (SSSR count). The Hall–Kier alpha value is -0.410. The second-order valence-corrected chi connectivity index (χ2v) is 4.03. The van der Waals surface area contributed by atoms with Crippen LogP contribution in [0.5, 0.6) is 0 Å². The van der Waals surface area contributed by atoms with Crippen molar-refractivity contribution in [1.82, 2.24) is 4.90 Å². The molecule has 0 saturated carbocycles. The lowest BCUT2D eigenvalue weighted by Crippen LogP contribution is -2.39. The van der Waals surface area contributed by atoms with E-state index in [1.54, 1.807) is 6.92 Å². The number of aliphatic hydroxyl groups is 1. The highest BCUT2D eigenvalue weighted by Gasteiger charge is 2.25. The molecule has 3 heteroatoms. The zero-order valence-electron chi connectivity index (χ0n) is 9.13. The Labute approximate surface area is 80.7 Å². The van der Waals surface area contributed by atoms with Crippen molar-refractivity contribution < 1.29 is 9.90 Å². The number of Topliss-reactive ketones (excluding diaryl/α,β-unsaturated/α-hetero) is 1. The van der Waals surface area contributed by atoms with Crippen molar-refractivity contribution in [2.24, 2.45) is 5.41 Å². The molecule has 0 aromatic rings. The Bertz CT molecular complexity index is 166. The van der Waals surface area contributed by atoms with Crippen LogP contribution in [0.4, 0.5) is 0 Å². The molecule has 0 aliphatic rings. The molecule has 0 heterocycles. The van der Waals surface area contributed by atoms with Crippen molar-refractivity contribution in [3.8, 4) is 0 Å². The fraction of sp³-hybridized carbons (Fsp3) is 0.900. The zero-order valence-corrected chi connectivity index (χ0v) is 9.13. The van der Waals surface area contributed by atoms with Crippen LogP contribution in [-0.4, -0.2) is 42.0 Å². The summed E-state index contributed by atoms with van der Waals surface area (Å²) >= 11 is 0. The van der Waals surface area contributed by atoms with Crippen LogP contribution in [0.3, 0.4) is 0 Å². The van der Waals surface area contributed by atoms with Gasteiger partial charge in [-0.05, 0) is 13.5 Å². The molecule has 0 bridgehead atoms. The van der Waals surface area contributed by atoms with Crippen molar-refractivity contribution in [1.29, 1.82) is 0 Å². The van der Waals surface area contributed by atoms with Gasteiger partial charge in [0.2, 0.25) is 0 Å². The Kier molecular flexibility index (Phi) is 5.18. The molecule has 0 fully saturated rings. The quantitative estimate of drug-likeness (QED) is 0.672. The molecule has 3 nitrogen and oxygen atoms in total. The summed E-state index contributed by atoms with van der Waals surface area (Å²) in [5.74, 6) is 0.198. The molecule has 0 spiro atoms. The Morgan fingerprint density at radius 2 is 2.00 bits per heavy atom. The minimum atomic E-state index is -0.300. The molecule has 0 aliphatic carbocycles. The van der Waals surface area contributed by atoms with Gasteiger partial charge in [0.1, 0.15) is 5.78 Å². The molecule has 0 amide bonds. The number of likely N-dealkylation sites (N-methyl/N-ethyl adjacent to an activating group) is 1. The van der Waals surface area contributed by atoms with E-state index in [9.17, 15) is 4.79 Å². The highest BCUT2D eigenvalue weighted by Crippen LogP contribution is 2.17. The van der Waals surface area contributed by atoms with Gasteiger partial charge in [0.15, 0.2) is 0 Å². The average Bonchev–Trinajstić information content (AvgIpc) is 2.03. The maximum Gasteiger partial charge on any atom is 0.136 e. The summed E-state index contributed by atoms with van der Waals surface area (Å²) in [6.07, 6.45) is 0. The van der Waals surface area contributed by atoms with Crippen molar-refractivity contribution >= 4 is 5.78 Å². The van der Waals surface area contributed by atoms with E-state index in [0.717, 1.165) is 13.1 Å². The minimum absolute atomic E-state index is 0.155. The molecule has 0 aromatic carbocycles. The standard InChI is InChI=1S/C10H21NO2/c1-5-11(6-7-12)8-10(3,4)9(2)13/h12H,5-8H2,1-4H3. The van der Waals surface area contributed by atoms with Gasteiger partial charge in [-0.15, -0.1) is 0 Å². The molecule has 78 valence electrons. The van der Waals surface area contributed by atoms with E-state index < -0.39 is 0 Å². The van der Waals surface area contributed by atoms with Crippen molar-refractivity contribution in [2.75, 3.05) is 26.2 Å². The van der Waals surface area contributed by atoms with Gasteiger partial charge in [-0.2, -0.15) is 0 Å². The SMILES string of the molecule is CCN(CCO)CC(C)(C)C(C)=O. The summed E-state index contributed by atoms with van der Waals surface area (Å²) in [6, 6.07) is 0. The highest BCUT2D eigenvalue weighted by molar-refractivity contribution is 5.81. The predicted octanol–water partition coefficient (Wildman–Crippen LogP) is 0.916. The van der Waals surface area contributed by atoms with Crippen molar-refractivity contribution in [3.05, 3.63) is 0 Å². The lowest BCUT2D eigenvalue weighted by molar-refractivity contribution is -0.125. The van der Waals surface area contributed by atoms with E-state index in [4.69, 9.17) is 5.11 Å². The summed E-state index contributed by atoms with van der Waals surface area (Å²) in [7, 11) is 0. The number of carbonyl (C=O) groups excluding carboxylic acids is 1.